The molecule has 4 unspecified atom stereocenters. The summed E-state index contributed by atoms with van der Waals surface area (Å²) in [5.74, 6) is -5.18. The van der Waals surface area contributed by atoms with E-state index in [2.05, 4.69) is 30.9 Å². The van der Waals surface area contributed by atoms with E-state index in [0.717, 1.165) is 21.8 Å². The first-order valence-corrected chi connectivity index (χ1v) is 15.2. The van der Waals surface area contributed by atoms with Crippen LogP contribution in [-0.2, 0) is 36.8 Å². The molecule has 16 nitrogen and oxygen atoms in total. The van der Waals surface area contributed by atoms with E-state index in [1.165, 1.54) is 0 Å². The first kappa shape index (κ1) is 35.0. The van der Waals surface area contributed by atoms with Gasteiger partial charge in [-0.1, -0.05) is 36.4 Å². The number of rotatable bonds is 17. The third-order valence-electron chi connectivity index (χ3n) is 7.76. The Hall–Kier alpha value is -5.90. The van der Waals surface area contributed by atoms with Crippen molar-refractivity contribution in [3.63, 3.8) is 0 Å². The van der Waals surface area contributed by atoms with Gasteiger partial charge in [-0.15, -0.1) is 0 Å². The lowest BCUT2D eigenvalue weighted by molar-refractivity contribution is -0.142. The highest BCUT2D eigenvalue weighted by molar-refractivity contribution is 5.95. The maximum Gasteiger partial charge on any atom is 0.326 e. The smallest absolute Gasteiger partial charge is 0.326 e. The lowest BCUT2D eigenvalue weighted by atomic mass is 10.0. The molecule has 13 N–H and O–H groups in total. The molecule has 0 saturated carbocycles. The van der Waals surface area contributed by atoms with E-state index in [9.17, 15) is 29.1 Å². The van der Waals surface area contributed by atoms with Crippen molar-refractivity contribution in [1.29, 1.82) is 0 Å². The number of carboxylic acid groups (broad SMARTS) is 2. The van der Waals surface area contributed by atoms with E-state index < -0.39 is 60.2 Å². The highest BCUT2D eigenvalue weighted by Gasteiger charge is 2.31. The van der Waals surface area contributed by atoms with E-state index in [1.807, 2.05) is 48.5 Å². The molecule has 0 aliphatic heterocycles. The number of nitrogens with zero attached hydrogens (tertiary/aromatic N) is 1. The number of nitrogens with two attached hydrogens (primary N) is 3. The van der Waals surface area contributed by atoms with Gasteiger partial charge >= 0.3 is 11.9 Å². The van der Waals surface area contributed by atoms with Crippen molar-refractivity contribution in [3.05, 3.63) is 72.1 Å². The number of para-hydroxylation sites is 2. The highest BCUT2D eigenvalue weighted by Crippen LogP contribution is 2.21. The predicted octanol–water partition coefficient (Wildman–Crippen LogP) is -0.171. The number of carbonyl (C=O) groups excluding carboxylic acids is 3. The summed E-state index contributed by atoms with van der Waals surface area (Å²) in [4.78, 5) is 73.8. The zero-order valence-corrected chi connectivity index (χ0v) is 25.9. The monoisotopic (exact) mass is 661 g/mol. The lowest BCUT2D eigenvalue weighted by Crippen LogP contribution is -2.58. The zero-order valence-electron chi connectivity index (χ0n) is 25.9. The molecule has 254 valence electrons. The zero-order chi connectivity index (χ0) is 34.8. The van der Waals surface area contributed by atoms with Crippen molar-refractivity contribution in [2.24, 2.45) is 22.2 Å². The molecule has 48 heavy (non-hydrogen) atoms. The second kappa shape index (κ2) is 16.1. The van der Waals surface area contributed by atoms with Crippen LogP contribution in [-0.4, -0.2) is 86.5 Å². The van der Waals surface area contributed by atoms with Gasteiger partial charge in [0, 0.05) is 53.6 Å². The van der Waals surface area contributed by atoms with Gasteiger partial charge in [-0.3, -0.25) is 24.2 Å². The number of guanidine groups is 1. The Bertz CT molecular complexity index is 1810. The Kier molecular flexibility index (Phi) is 11.7. The van der Waals surface area contributed by atoms with Gasteiger partial charge in [-0.05, 0) is 36.1 Å². The highest BCUT2D eigenvalue weighted by atomic mass is 16.4. The Morgan fingerprint density at radius 2 is 1.23 bits per heavy atom. The van der Waals surface area contributed by atoms with Crippen molar-refractivity contribution >= 4 is 57.4 Å². The standard InChI is InChI=1S/C32H39N9O7/c33-21(14-27(42)43)28(44)39-24(10-5-11-36-32(34)35)29(45)40-25(12-17-15-37-22-8-3-1-6-19(17)22)30(46)41-26(31(47)48)13-18-16-38-23-9-4-2-7-20(18)23/h1-4,6-9,15-16,21,24-26,37-38H,5,10-14,33H2,(H,39,44)(H,40,45)(H,41,46)(H,42,43)(H,47,48)(H4,34,35,36). The number of carbonyl (C=O) groups is 5. The molecule has 0 aliphatic carbocycles. The summed E-state index contributed by atoms with van der Waals surface area (Å²) < 4.78 is 0. The van der Waals surface area contributed by atoms with Gasteiger partial charge in [0.15, 0.2) is 5.96 Å². The molecule has 0 fully saturated rings. The summed E-state index contributed by atoms with van der Waals surface area (Å²) in [6.45, 7) is 0.122. The number of hydrogen-bond acceptors (Lipinski definition) is 7. The minimum atomic E-state index is -1.44. The van der Waals surface area contributed by atoms with E-state index in [-0.39, 0.29) is 38.2 Å². The van der Waals surface area contributed by atoms with Gasteiger partial charge in [0.25, 0.3) is 0 Å². The van der Waals surface area contributed by atoms with Crippen LogP contribution < -0.4 is 33.2 Å². The fourth-order valence-electron chi connectivity index (χ4n) is 5.33. The number of aromatic nitrogens is 2. The molecule has 4 atom stereocenters. The minimum absolute atomic E-state index is 0.00782. The molecule has 0 bridgehead atoms. The number of carboxylic acids is 2. The van der Waals surface area contributed by atoms with Crippen LogP contribution >= 0.6 is 0 Å². The van der Waals surface area contributed by atoms with Gasteiger partial charge in [-0.2, -0.15) is 0 Å². The Labute approximate surface area is 274 Å². The van der Waals surface area contributed by atoms with Crippen molar-refractivity contribution in [1.82, 2.24) is 25.9 Å². The molecule has 3 amide bonds. The van der Waals surface area contributed by atoms with E-state index >= 15 is 0 Å². The normalized spacial score (nSPS) is 13.6. The Morgan fingerprint density at radius 1 is 0.729 bits per heavy atom. The first-order chi connectivity index (χ1) is 22.9. The van der Waals surface area contributed by atoms with Crippen molar-refractivity contribution in [3.8, 4) is 0 Å². The van der Waals surface area contributed by atoms with Crippen LogP contribution in [0.5, 0.6) is 0 Å². The van der Waals surface area contributed by atoms with Crippen molar-refractivity contribution in [2.75, 3.05) is 6.54 Å². The maximum absolute atomic E-state index is 13.8. The molecule has 0 spiro atoms. The van der Waals surface area contributed by atoms with E-state index in [4.69, 9.17) is 22.3 Å². The van der Waals surface area contributed by atoms with Crippen LogP contribution in [0.25, 0.3) is 21.8 Å². The summed E-state index contributed by atoms with van der Waals surface area (Å²) in [6, 6.07) is 9.35. The summed E-state index contributed by atoms with van der Waals surface area (Å²) in [5.41, 5.74) is 19.4. The van der Waals surface area contributed by atoms with Crippen molar-refractivity contribution in [2.45, 2.75) is 56.3 Å². The van der Waals surface area contributed by atoms with Crippen LogP contribution in [0.3, 0.4) is 0 Å². The summed E-state index contributed by atoms with van der Waals surface area (Å²) in [5, 5.41) is 28.4. The Balaban J connectivity index is 1.59. The molecule has 2 aromatic carbocycles. The SMILES string of the molecule is NC(N)=NCCCC(NC(=O)C(N)CC(=O)O)C(=O)NC(Cc1c[nH]c2ccccc12)C(=O)NC(Cc1c[nH]c2ccccc12)C(=O)O. The minimum Gasteiger partial charge on any atom is -0.481 e. The molecule has 4 rings (SSSR count). The van der Waals surface area contributed by atoms with Gasteiger partial charge in [-0.25, -0.2) is 4.79 Å². The number of amides is 3. The third kappa shape index (κ3) is 9.32. The molecule has 16 heteroatoms. The fourth-order valence-corrected chi connectivity index (χ4v) is 5.33. The van der Waals surface area contributed by atoms with E-state index in [1.54, 1.807) is 12.4 Å². The summed E-state index contributed by atoms with van der Waals surface area (Å²) >= 11 is 0. The molecular weight excluding hydrogens is 622 g/mol. The number of H-pyrrole nitrogens is 2. The summed E-state index contributed by atoms with van der Waals surface area (Å²) in [6.07, 6.45) is 2.87. The van der Waals surface area contributed by atoms with E-state index in [0.29, 0.717) is 11.1 Å². The molecule has 0 aliphatic rings. The average Bonchev–Trinajstić information content (AvgIpc) is 3.65. The van der Waals surface area contributed by atoms with Crippen LogP contribution in [0.4, 0.5) is 0 Å². The molecule has 2 heterocycles. The number of fused-ring (bicyclic) bond motifs is 2. The maximum atomic E-state index is 13.8. The summed E-state index contributed by atoms with van der Waals surface area (Å²) in [7, 11) is 0. The number of aromatic amines is 2. The molecular formula is C32H39N9O7. The average molecular weight is 662 g/mol. The van der Waals surface area contributed by atoms with Crippen LogP contribution in [0, 0.1) is 0 Å². The lowest BCUT2D eigenvalue weighted by Gasteiger charge is -2.25. The van der Waals surface area contributed by atoms with Gasteiger partial charge in [0.05, 0.1) is 12.5 Å². The largest absolute Gasteiger partial charge is 0.481 e. The predicted molar refractivity (Wildman–Crippen MR) is 178 cm³/mol. The van der Waals surface area contributed by atoms with Crippen LogP contribution in [0.15, 0.2) is 65.9 Å². The third-order valence-corrected chi connectivity index (χ3v) is 7.76. The number of benzene rings is 2. The van der Waals surface area contributed by atoms with Crippen LogP contribution in [0.1, 0.15) is 30.4 Å². The molecule has 2 aromatic heterocycles. The van der Waals surface area contributed by atoms with Gasteiger partial charge < -0.3 is 53.3 Å². The molecule has 0 radical (unpaired) electrons. The van der Waals surface area contributed by atoms with Crippen molar-refractivity contribution < 1.29 is 34.2 Å². The fraction of sp³-hybridized carbons (Fsp3) is 0.312. The Morgan fingerprint density at radius 3 is 1.77 bits per heavy atom. The second-order valence-electron chi connectivity index (χ2n) is 11.3. The number of aliphatic imine (C=N–C) groups is 1. The quantitative estimate of drug-likeness (QED) is 0.0405. The number of hydrogen-bond donors (Lipinski definition) is 10. The van der Waals surface area contributed by atoms with Gasteiger partial charge in [0.2, 0.25) is 17.7 Å². The first-order valence-electron chi connectivity index (χ1n) is 15.2. The second-order valence-corrected chi connectivity index (χ2v) is 11.3. The number of aliphatic carboxylic acids is 2. The topological polar surface area (TPSA) is 284 Å². The molecule has 4 aromatic rings. The number of nitrogens with one attached hydrogen (secondary N) is 5. The van der Waals surface area contributed by atoms with Gasteiger partial charge in [0.1, 0.15) is 18.1 Å². The molecule has 0 saturated heterocycles. The van der Waals surface area contributed by atoms with Crippen LogP contribution in [0.2, 0.25) is 0 Å².